The van der Waals surface area contributed by atoms with Crippen LogP contribution in [-0.2, 0) is 9.84 Å². The normalized spacial score (nSPS) is 27.0. The second-order valence-corrected chi connectivity index (χ2v) is 6.80. The molecule has 0 aromatic heterocycles. The molecule has 0 aromatic carbocycles. The highest BCUT2D eigenvalue weighted by molar-refractivity contribution is 7.92. The molecule has 0 aliphatic carbocycles. The maximum absolute atomic E-state index is 11.9. The van der Waals surface area contributed by atoms with Gasteiger partial charge < -0.3 is 5.32 Å². The molecule has 1 saturated heterocycles. The van der Waals surface area contributed by atoms with Crippen LogP contribution in [0.15, 0.2) is 11.6 Å². The monoisotopic (exact) mass is 231 g/mol. The molecule has 88 valence electrons. The van der Waals surface area contributed by atoms with E-state index in [-0.39, 0.29) is 11.3 Å². The van der Waals surface area contributed by atoms with E-state index in [1.807, 2.05) is 27.0 Å². The average Bonchev–Trinajstić information content (AvgIpc) is 2.14. The molecule has 2 atom stereocenters. The van der Waals surface area contributed by atoms with Crippen LogP contribution in [0.3, 0.4) is 0 Å². The zero-order valence-corrected chi connectivity index (χ0v) is 10.6. The van der Waals surface area contributed by atoms with Crippen molar-refractivity contribution in [1.82, 2.24) is 5.32 Å². The first-order valence-electron chi connectivity index (χ1n) is 5.51. The Balaban J connectivity index is 2.87. The summed E-state index contributed by atoms with van der Waals surface area (Å²) in [5, 5.41) is 2.87. The standard InChI is InChI=1S/C11H21NO2S/c1-9(2)8-10(12-3)11-6-4-5-7-15(11,13)14/h8,10-12H,4-7H2,1-3H3. The Labute approximate surface area is 92.9 Å². The van der Waals surface area contributed by atoms with Gasteiger partial charge in [-0.25, -0.2) is 8.42 Å². The fourth-order valence-corrected chi connectivity index (χ4v) is 4.21. The lowest BCUT2D eigenvalue weighted by Gasteiger charge is -2.28. The summed E-state index contributed by atoms with van der Waals surface area (Å²) in [5.41, 5.74) is 1.16. The molecule has 0 bridgehead atoms. The Morgan fingerprint density at radius 3 is 2.53 bits per heavy atom. The van der Waals surface area contributed by atoms with Gasteiger partial charge in [0.05, 0.1) is 11.0 Å². The molecule has 0 saturated carbocycles. The van der Waals surface area contributed by atoms with E-state index in [4.69, 9.17) is 0 Å². The van der Waals surface area contributed by atoms with Crippen LogP contribution in [0, 0.1) is 0 Å². The summed E-state index contributed by atoms with van der Waals surface area (Å²) in [7, 11) is -1.06. The third kappa shape index (κ3) is 3.31. The van der Waals surface area contributed by atoms with Crippen LogP contribution in [0.2, 0.25) is 0 Å². The summed E-state index contributed by atoms with van der Waals surface area (Å²) in [6.07, 6.45) is 4.66. The first kappa shape index (κ1) is 12.7. The summed E-state index contributed by atoms with van der Waals surface area (Å²) < 4.78 is 23.8. The summed E-state index contributed by atoms with van der Waals surface area (Å²) >= 11 is 0. The molecule has 0 spiro atoms. The molecule has 0 radical (unpaired) electrons. The fourth-order valence-electron chi connectivity index (χ4n) is 2.12. The quantitative estimate of drug-likeness (QED) is 0.749. The molecule has 1 aliphatic rings. The topological polar surface area (TPSA) is 46.2 Å². The second-order valence-electron chi connectivity index (χ2n) is 4.46. The van der Waals surface area contributed by atoms with Crippen LogP contribution in [0.4, 0.5) is 0 Å². The van der Waals surface area contributed by atoms with Gasteiger partial charge in [-0.15, -0.1) is 0 Å². The Morgan fingerprint density at radius 2 is 2.07 bits per heavy atom. The predicted octanol–water partition coefficient (Wildman–Crippen LogP) is 1.51. The van der Waals surface area contributed by atoms with Crippen molar-refractivity contribution < 1.29 is 8.42 Å². The lowest BCUT2D eigenvalue weighted by molar-refractivity contribution is 0.498. The van der Waals surface area contributed by atoms with Crippen molar-refractivity contribution in [2.45, 2.75) is 44.4 Å². The van der Waals surface area contributed by atoms with E-state index in [0.717, 1.165) is 24.8 Å². The largest absolute Gasteiger partial charge is 0.312 e. The summed E-state index contributed by atoms with van der Waals surface area (Å²) in [4.78, 5) is 0. The molecule has 4 heteroatoms. The second kappa shape index (κ2) is 5.12. The van der Waals surface area contributed by atoms with Crippen molar-refractivity contribution in [3.63, 3.8) is 0 Å². The molecule has 15 heavy (non-hydrogen) atoms. The van der Waals surface area contributed by atoms with Gasteiger partial charge in [0.2, 0.25) is 0 Å². The zero-order valence-electron chi connectivity index (χ0n) is 9.79. The van der Waals surface area contributed by atoms with Crippen molar-refractivity contribution in [1.29, 1.82) is 0 Å². The van der Waals surface area contributed by atoms with Crippen LogP contribution in [0.1, 0.15) is 33.1 Å². The van der Waals surface area contributed by atoms with Gasteiger partial charge >= 0.3 is 0 Å². The smallest absolute Gasteiger partial charge is 0.155 e. The highest BCUT2D eigenvalue weighted by Crippen LogP contribution is 2.23. The molecule has 3 nitrogen and oxygen atoms in total. The molecular weight excluding hydrogens is 210 g/mol. The van der Waals surface area contributed by atoms with Crippen LogP contribution in [0.5, 0.6) is 0 Å². The molecule has 2 unspecified atom stereocenters. The molecule has 1 N–H and O–H groups in total. The van der Waals surface area contributed by atoms with Crippen LogP contribution < -0.4 is 5.32 Å². The minimum atomic E-state index is -2.89. The van der Waals surface area contributed by atoms with Crippen LogP contribution >= 0.6 is 0 Å². The lowest BCUT2D eigenvalue weighted by atomic mass is 10.1. The highest BCUT2D eigenvalue weighted by Gasteiger charge is 2.33. The maximum atomic E-state index is 11.9. The van der Waals surface area contributed by atoms with Crippen LogP contribution in [0.25, 0.3) is 0 Å². The van der Waals surface area contributed by atoms with E-state index in [1.54, 1.807) is 0 Å². The molecular formula is C11H21NO2S. The number of allylic oxidation sites excluding steroid dienone is 1. The fraction of sp³-hybridized carbons (Fsp3) is 0.818. The minimum absolute atomic E-state index is 0.0275. The molecule has 1 fully saturated rings. The van der Waals surface area contributed by atoms with Crippen molar-refractivity contribution in [3.8, 4) is 0 Å². The van der Waals surface area contributed by atoms with E-state index in [1.165, 1.54) is 0 Å². The SMILES string of the molecule is CNC(C=C(C)C)C1CCCCS1(=O)=O. The molecule has 1 aliphatic heterocycles. The third-order valence-corrected chi connectivity index (χ3v) is 5.18. The highest BCUT2D eigenvalue weighted by atomic mass is 32.2. The lowest BCUT2D eigenvalue weighted by Crippen LogP contribution is -2.44. The molecule has 1 rings (SSSR count). The van der Waals surface area contributed by atoms with Gasteiger partial charge in [0.1, 0.15) is 0 Å². The first-order chi connectivity index (χ1) is 6.97. The van der Waals surface area contributed by atoms with E-state index in [0.29, 0.717) is 5.75 Å². The summed E-state index contributed by atoms with van der Waals surface area (Å²) in [6, 6.07) is -0.0275. The Kier molecular flexibility index (Phi) is 4.34. The number of hydrogen-bond acceptors (Lipinski definition) is 3. The van der Waals surface area contributed by atoms with E-state index < -0.39 is 9.84 Å². The van der Waals surface area contributed by atoms with E-state index in [9.17, 15) is 8.42 Å². The number of sulfone groups is 1. The van der Waals surface area contributed by atoms with Crippen LogP contribution in [-0.4, -0.2) is 32.5 Å². The van der Waals surface area contributed by atoms with Gasteiger partial charge in [-0.1, -0.05) is 18.1 Å². The van der Waals surface area contributed by atoms with Gasteiger partial charge in [0, 0.05) is 6.04 Å². The average molecular weight is 231 g/mol. The Hall–Kier alpha value is -0.350. The minimum Gasteiger partial charge on any atom is -0.312 e. The van der Waals surface area contributed by atoms with Gasteiger partial charge in [0.25, 0.3) is 0 Å². The first-order valence-corrected chi connectivity index (χ1v) is 7.23. The zero-order chi connectivity index (χ0) is 11.5. The van der Waals surface area contributed by atoms with Gasteiger partial charge in [-0.2, -0.15) is 0 Å². The Bertz CT molecular complexity index is 328. The van der Waals surface area contributed by atoms with E-state index in [2.05, 4.69) is 5.32 Å². The van der Waals surface area contributed by atoms with Gasteiger partial charge in [-0.3, -0.25) is 0 Å². The molecule has 0 aromatic rings. The number of hydrogen-bond donors (Lipinski definition) is 1. The van der Waals surface area contributed by atoms with Crippen molar-refractivity contribution in [3.05, 3.63) is 11.6 Å². The Morgan fingerprint density at radius 1 is 1.40 bits per heavy atom. The summed E-state index contributed by atoms with van der Waals surface area (Å²) in [5.74, 6) is 0.354. The number of rotatable bonds is 3. The summed E-state index contributed by atoms with van der Waals surface area (Å²) in [6.45, 7) is 4.00. The number of likely N-dealkylation sites (N-methyl/N-ethyl adjacent to an activating group) is 1. The third-order valence-electron chi connectivity index (χ3n) is 2.88. The van der Waals surface area contributed by atoms with Crippen molar-refractivity contribution in [2.75, 3.05) is 12.8 Å². The van der Waals surface area contributed by atoms with Gasteiger partial charge in [0.15, 0.2) is 9.84 Å². The van der Waals surface area contributed by atoms with E-state index >= 15 is 0 Å². The van der Waals surface area contributed by atoms with Gasteiger partial charge in [-0.05, 0) is 33.7 Å². The van der Waals surface area contributed by atoms with Crippen molar-refractivity contribution >= 4 is 9.84 Å². The maximum Gasteiger partial charge on any atom is 0.155 e. The van der Waals surface area contributed by atoms with Crippen molar-refractivity contribution in [2.24, 2.45) is 0 Å². The molecule has 1 heterocycles. The number of nitrogens with one attached hydrogen (secondary N) is 1. The predicted molar refractivity (Wildman–Crippen MR) is 63.7 cm³/mol. The molecule has 0 amide bonds.